The molecule has 0 spiro atoms. The van der Waals surface area contributed by atoms with Gasteiger partial charge in [-0.15, -0.1) is 0 Å². The van der Waals surface area contributed by atoms with Gasteiger partial charge in [-0.05, 0) is 0 Å². The molecule has 32 valence electrons. The van der Waals surface area contributed by atoms with Crippen LogP contribution in [0.1, 0.15) is 0 Å². The van der Waals surface area contributed by atoms with Gasteiger partial charge in [0.05, 0.1) is 0 Å². The largest absolute Gasteiger partial charge is 0 e. The van der Waals surface area contributed by atoms with Gasteiger partial charge in [0, 0.05) is 39.0 Å². The average Bonchev–Trinajstić information content (AvgIpc) is 1.00. The second kappa shape index (κ2) is 18.4. The molecule has 0 unspecified atom stereocenters. The van der Waals surface area contributed by atoms with Gasteiger partial charge in [-0.3, -0.25) is 0 Å². The summed E-state index contributed by atoms with van der Waals surface area (Å²) in [6.07, 6.45) is 0. The zero-order valence-electron chi connectivity index (χ0n) is 1.45. The summed E-state index contributed by atoms with van der Waals surface area (Å²) in [5, 5.41) is 0. The van der Waals surface area contributed by atoms with Crippen LogP contribution in [0, 0.1) is 0 Å². The van der Waals surface area contributed by atoms with Crippen LogP contribution in [-0.2, 0) is 56.9 Å². The standard InChI is InChI=1S/P.Pd.Rh.Ru. The van der Waals surface area contributed by atoms with Crippen LogP contribution in [0.5, 0.6) is 0 Å². The first-order valence-electron chi connectivity index (χ1n) is 0.141. The Hall–Kier alpha value is 2.34. The quantitative estimate of drug-likeness (QED) is 0.453. The number of hydrogen-bond donors (Lipinski definition) is 0. The third kappa shape index (κ3) is 8.84. The Labute approximate surface area is 63.1 Å². The van der Waals surface area contributed by atoms with Crippen molar-refractivity contribution in [2.75, 3.05) is 0 Å². The van der Waals surface area contributed by atoms with Crippen LogP contribution >= 0.6 is 6.75 Å². The number of rotatable bonds is 0. The smallest absolute Gasteiger partial charge is 0 e. The molecule has 0 saturated carbocycles. The first-order chi connectivity index (χ1) is 1.00. The van der Waals surface area contributed by atoms with Gasteiger partial charge < -0.3 is 0 Å². The predicted octanol–water partition coefficient (Wildman–Crippen LogP) is 0.854. The second-order valence-electron chi connectivity index (χ2n) is 0. The second-order valence-corrected chi connectivity index (χ2v) is 0. The van der Waals surface area contributed by atoms with Crippen LogP contribution in [0.15, 0.2) is 0 Å². The molecule has 0 amide bonds. The fourth-order valence-corrected chi connectivity index (χ4v) is 0. The Balaban J connectivity index is -0.00000000500. The van der Waals surface area contributed by atoms with Crippen molar-refractivity contribution >= 4 is 6.75 Å². The van der Waals surface area contributed by atoms with Gasteiger partial charge in [-0.2, -0.15) is 0 Å². The van der Waals surface area contributed by atoms with Crippen LogP contribution in [-0.4, -0.2) is 0 Å². The molecule has 0 N–H and O–H groups in total. The van der Waals surface area contributed by atoms with E-state index in [-0.39, 0.29) is 39.0 Å². The van der Waals surface area contributed by atoms with Crippen LogP contribution in [0.3, 0.4) is 0 Å². The van der Waals surface area contributed by atoms with E-state index < -0.39 is 0 Å². The first-order valence-corrected chi connectivity index (χ1v) is 2.51. The van der Waals surface area contributed by atoms with Gasteiger partial charge in [0.2, 0.25) is 0 Å². The first kappa shape index (κ1) is 16.2. The van der Waals surface area contributed by atoms with Gasteiger partial charge in [-0.1, -0.05) is 0 Å². The average molecular weight is 341 g/mol. The Kier molecular flexibility index (Phi) is 74.4. The van der Waals surface area contributed by atoms with E-state index >= 15 is 0 Å². The maximum atomic E-state index is 3.38. The molecule has 0 fully saturated rings. The summed E-state index contributed by atoms with van der Waals surface area (Å²) in [4.78, 5) is 0. The van der Waals surface area contributed by atoms with Gasteiger partial charge in [0.15, 0.2) is 0 Å². The summed E-state index contributed by atoms with van der Waals surface area (Å²) < 4.78 is 0. The van der Waals surface area contributed by atoms with Crippen LogP contribution in [0.25, 0.3) is 0 Å². The van der Waals surface area contributed by atoms with Gasteiger partial charge in [-0.25, -0.2) is 0 Å². The minimum Gasteiger partial charge on any atom is 0 e. The van der Waals surface area contributed by atoms with Crippen molar-refractivity contribution in [1.29, 1.82) is 0 Å². The normalized spacial score (nSPS) is 1.00. The van der Waals surface area contributed by atoms with Crippen LogP contribution in [0.4, 0.5) is 0 Å². The van der Waals surface area contributed by atoms with Gasteiger partial charge in [0.1, 0.15) is 0 Å². The van der Waals surface area contributed by atoms with E-state index in [2.05, 4.69) is 24.7 Å². The molecule has 0 aromatic heterocycles. The fourth-order valence-electron chi connectivity index (χ4n) is 0. The molecule has 0 bridgehead atoms. The van der Waals surface area contributed by atoms with Crippen LogP contribution in [0.2, 0.25) is 0 Å². The SMILES string of the molecule is [P]#[Pd].[Rh].[Ru]. The van der Waals surface area contributed by atoms with E-state index in [1.165, 1.54) is 0 Å². The number of hydrogen-bond acceptors (Lipinski definition) is 0. The summed E-state index contributed by atoms with van der Waals surface area (Å²) in [5.74, 6) is 0. The van der Waals surface area contributed by atoms with Crippen molar-refractivity contribution < 1.29 is 56.9 Å². The topological polar surface area (TPSA) is 0 Å². The molecular weight excluding hydrogens is 341 g/mol. The molecule has 0 aliphatic rings. The van der Waals surface area contributed by atoms with Crippen molar-refractivity contribution in [3.63, 3.8) is 0 Å². The predicted molar refractivity (Wildman–Crippen MR) is 6.92 cm³/mol. The third-order valence-corrected chi connectivity index (χ3v) is 0. The third-order valence-electron chi connectivity index (χ3n) is 0. The molecule has 1 radical (unpaired) electrons. The molecule has 0 nitrogen and oxygen atoms in total. The Morgan fingerprint density at radius 3 is 1.25 bits per heavy atom. The zero-order valence-corrected chi connectivity index (χ0v) is 7.28. The molecule has 4 heteroatoms. The molecule has 0 aromatic rings. The minimum absolute atomic E-state index is 0. The Bertz CT molecular complexity index is 12.8. The maximum absolute atomic E-state index is 3.38. The summed E-state index contributed by atoms with van der Waals surface area (Å²) >= 11 is 2.44. The monoisotopic (exact) mass is 342 g/mol. The minimum atomic E-state index is 0. The van der Waals surface area contributed by atoms with E-state index in [1.54, 1.807) is 0 Å². The summed E-state index contributed by atoms with van der Waals surface area (Å²) in [7, 11) is 0. The van der Waals surface area contributed by atoms with E-state index in [1.807, 2.05) is 0 Å². The molecule has 0 aliphatic carbocycles. The Morgan fingerprint density at radius 1 is 1.25 bits per heavy atom. The summed E-state index contributed by atoms with van der Waals surface area (Å²) in [5.41, 5.74) is 0. The van der Waals surface area contributed by atoms with Crippen molar-refractivity contribution in [3.8, 4) is 0 Å². The van der Waals surface area contributed by atoms with Crippen molar-refractivity contribution in [2.24, 2.45) is 0 Å². The van der Waals surface area contributed by atoms with Gasteiger partial charge in [0.25, 0.3) is 0 Å². The summed E-state index contributed by atoms with van der Waals surface area (Å²) in [6, 6.07) is 0. The molecule has 0 saturated heterocycles. The van der Waals surface area contributed by atoms with E-state index in [9.17, 15) is 0 Å². The van der Waals surface area contributed by atoms with Crippen molar-refractivity contribution in [1.82, 2.24) is 0 Å². The van der Waals surface area contributed by atoms with Crippen molar-refractivity contribution in [2.45, 2.75) is 0 Å². The van der Waals surface area contributed by atoms with E-state index in [4.69, 9.17) is 0 Å². The molecule has 0 aromatic carbocycles. The summed E-state index contributed by atoms with van der Waals surface area (Å²) in [6.45, 7) is 3.38. The Morgan fingerprint density at radius 2 is 1.25 bits per heavy atom. The molecular formula is PPdRhRu. The molecule has 0 rings (SSSR count). The van der Waals surface area contributed by atoms with E-state index in [0.29, 0.717) is 0 Å². The molecule has 0 atom stereocenters. The maximum Gasteiger partial charge on any atom is 0 e. The molecule has 0 aliphatic heterocycles. The van der Waals surface area contributed by atoms with Gasteiger partial charge >= 0.3 is 24.7 Å². The fraction of sp³-hybridized carbons (Fsp3) is 0. The molecule has 4 heavy (non-hydrogen) atoms. The molecule has 0 heterocycles. The van der Waals surface area contributed by atoms with E-state index in [0.717, 1.165) is 0 Å². The van der Waals surface area contributed by atoms with Crippen LogP contribution < -0.4 is 0 Å². The van der Waals surface area contributed by atoms with Crippen molar-refractivity contribution in [3.05, 3.63) is 0 Å². The zero-order chi connectivity index (χ0) is 2.00.